The Morgan fingerprint density at radius 2 is 2.12 bits per heavy atom. The second-order valence-corrected chi connectivity index (χ2v) is 6.16. The summed E-state index contributed by atoms with van der Waals surface area (Å²) in [6.45, 7) is 3.07. The number of piperidine rings is 1. The van der Waals surface area contributed by atoms with Crippen LogP contribution in [0.15, 0.2) is 10.6 Å². The molecule has 0 aliphatic carbocycles. The van der Waals surface area contributed by atoms with Crippen LogP contribution in [-0.2, 0) is 17.8 Å². The zero-order valence-electron chi connectivity index (χ0n) is 13.8. The zero-order valence-corrected chi connectivity index (χ0v) is 13.8. The predicted molar refractivity (Wildman–Crippen MR) is 83.0 cm³/mol. The van der Waals surface area contributed by atoms with Gasteiger partial charge in [0.25, 0.3) is 5.91 Å². The van der Waals surface area contributed by atoms with Crippen molar-refractivity contribution in [2.45, 2.75) is 38.3 Å². The molecule has 0 unspecified atom stereocenters. The van der Waals surface area contributed by atoms with E-state index in [0.29, 0.717) is 38.2 Å². The highest BCUT2D eigenvalue weighted by atomic mass is 16.5. The van der Waals surface area contributed by atoms with Crippen LogP contribution in [0.5, 0.6) is 0 Å². The lowest BCUT2D eigenvalue weighted by molar-refractivity contribution is -0.131. The molecule has 2 saturated heterocycles. The van der Waals surface area contributed by atoms with Crippen molar-refractivity contribution < 1.29 is 18.9 Å². The summed E-state index contributed by atoms with van der Waals surface area (Å²) in [6.07, 6.45) is 1.59. The van der Waals surface area contributed by atoms with E-state index < -0.39 is 5.54 Å². The van der Waals surface area contributed by atoms with Gasteiger partial charge in [-0.1, -0.05) is 12.1 Å². The van der Waals surface area contributed by atoms with Crippen LogP contribution in [-0.4, -0.2) is 58.6 Å². The van der Waals surface area contributed by atoms with E-state index in [1.54, 1.807) is 4.90 Å². The van der Waals surface area contributed by atoms with Gasteiger partial charge in [-0.05, 0) is 12.8 Å². The first-order valence-electron chi connectivity index (χ1n) is 8.03. The molecule has 1 aromatic heterocycles. The van der Waals surface area contributed by atoms with Gasteiger partial charge in [-0.25, -0.2) is 9.59 Å². The number of carbonyl (C=O) groups excluding carboxylic acids is 3. The predicted octanol–water partition coefficient (Wildman–Crippen LogP) is 0.463. The Morgan fingerprint density at radius 3 is 2.67 bits per heavy atom. The van der Waals surface area contributed by atoms with Gasteiger partial charge in [0.2, 0.25) is 0 Å². The molecule has 5 amide bonds. The summed E-state index contributed by atoms with van der Waals surface area (Å²) in [5.41, 5.74) is -0.182. The molecule has 9 nitrogen and oxygen atoms in total. The topological polar surface area (TPSA) is 108 Å². The highest BCUT2D eigenvalue weighted by Crippen LogP contribution is 2.28. The van der Waals surface area contributed by atoms with E-state index in [0.717, 1.165) is 17.1 Å². The number of rotatable bonds is 3. The first kappa shape index (κ1) is 16.3. The van der Waals surface area contributed by atoms with Crippen molar-refractivity contribution in [2.24, 2.45) is 0 Å². The molecule has 1 aromatic rings. The lowest BCUT2D eigenvalue weighted by Crippen LogP contribution is -2.57. The zero-order chi connectivity index (χ0) is 17.3. The maximum absolute atomic E-state index is 12.2. The molecular formula is C15H21N5O4. The Hall–Kier alpha value is -2.58. The first-order chi connectivity index (χ1) is 11.4. The molecule has 130 valence electrons. The van der Waals surface area contributed by atoms with Crippen molar-refractivity contribution in [1.82, 2.24) is 25.6 Å². The number of nitrogens with zero attached hydrogens (tertiary/aromatic N) is 3. The molecule has 0 saturated carbocycles. The summed E-state index contributed by atoms with van der Waals surface area (Å²) in [4.78, 5) is 38.8. The standard InChI is InChI=1S/C15H21N5O4/c1-3-11-8-10(18-24-11)9-16-13(22)20-6-4-15(5-7-20)12(21)19(2)14(23)17-15/h8H,3-7,9H2,1-2H3,(H,16,22)(H,17,23). The first-order valence-corrected chi connectivity index (χ1v) is 8.03. The van der Waals surface area contributed by atoms with Gasteiger partial charge in [0.15, 0.2) is 0 Å². The summed E-state index contributed by atoms with van der Waals surface area (Å²) in [6, 6.07) is 1.22. The molecule has 0 atom stereocenters. The Morgan fingerprint density at radius 1 is 1.42 bits per heavy atom. The van der Waals surface area contributed by atoms with E-state index in [4.69, 9.17) is 4.52 Å². The number of nitrogens with one attached hydrogen (secondary N) is 2. The fraction of sp³-hybridized carbons (Fsp3) is 0.600. The molecule has 9 heteroatoms. The van der Waals surface area contributed by atoms with E-state index in [-0.39, 0.29) is 18.0 Å². The van der Waals surface area contributed by atoms with Crippen molar-refractivity contribution in [3.63, 3.8) is 0 Å². The normalized spacial score (nSPS) is 19.8. The number of urea groups is 2. The Labute approximate surface area is 139 Å². The third kappa shape index (κ3) is 2.81. The Balaban J connectivity index is 1.52. The summed E-state index contributed by atoms with van der Waals surface area (Å²) < 4.78 is 5.09. The lowest BCUT2D eigenvalue weighted by atomic mass is 9.87. The summed E-state index contributed by atoms with van der Waals surface area (Å²) >= 11 is 0. The molecule has 2 aliphatic heterocycles. The molecule has 3 rings (SSSR count). The number of hydrogen-bond donors (Lipinski definition) is 2. The highest BCUT2D eigenvalue weighted by Gasteiger charge is 2.51. The van der Waals surface area contributed by atoms with Crippen LogP contribution in [0.25, 0.3) is 0 Å². The third-order valence-corrected chi connectivity index (χ3v) is 4.65. The number of aryl methyl sites for hydroxylation is 1. The Kier molecular flexibility index (Phi) is 4.16. The summed E-state index contributed by atoms with van der Waals surface area (Å²) in [5.74, 6) is 0.557. The van der Waals surface area contributed by atoms with Crippen LogP contribution in [0.1, 0.15) is 31.2 Å². The van der Waals surface area contributed by atoms with E-state index in [2.05, 4.69) is 15.8 Å². The summed E-state index contributed by atoms with van der Waals surface area (Å²) in [5, 5.41) is 9.43. The van der Waals surface area contributed by atoms with Crippen molar-refractivity contribution in [3.05, 3.63) is 17.5 Å². The highest BCUT2D eigenvalue weighted by molar-refractivity contribution is 6.06. The fourth-order valence-electron chi connectivity index (χ4n) is 3.07. The third-order valence-electron chi connectivity index (χ3n) is 4.65. The molecule has 2 N–H and O–H groups in total. The van der Waals surface area contributed by atoms with Gasteiger partial charge in [-0.15, -0.1) is 0 Å². The van der Waals surface area contributed by atoms with Crippen LogP contribution in [0.2, 0.25) is 0 Å². The molecular weight excluding hydrogens is 314 g/mol. The van der Waals surface area contributed by atoms with Crippen molar-refractivity contribution in [3.8, 4) is 0 Å². The molecule has 2 fully saturated rings. The van der Waals surface area contributed by atoms with E-state index in [9.17, 15) is 14.4 Å². The molecule has 2 aliphatic rings. The van der Waals surface area contributed by atoms with Gasteiger partial charge in [-0.3, -0.25) is 9.69 Å². The van der Waals surface area contributed by atoms with Gasteiger partial charge in [-0.2, -0.15) is 0 Å². The molecule has 0 bridgehead atoms. The van der Waals surface area contributed by atoms with E-state index in [1.165, 1.54) is 7.05 Å². The quantitative estimate of drug-likeness (QED) is 0.780. The lowest BCUT2D eigenvalue weighted by Gasteiger charge is -2.37. The molecule has 1 spiro atoms. The number of aromatic nitrogens is 1. The SMILES string of the molecule is CCc1cc(CNC(=O)N2CCC3(CC2)NC(=O)N(C)C3=O)no1. The van der Waals surface area contributed by atoms with E-state index in [1.807, 2.05) is 13.0 Å². The second kappa shape index (κ2) is 6.14. The second-order valence-electron chi connectivity index (χ2n) is 6.16. The molecule has 24 heavy (non-hydrogen) atoms. The van der Waals surface area contributed by atoms with Crippen molar-refractivity contribution in [2.75, 3.05) is 20.1 Å². The average Bonchev–Trinajstić information content (AvgIpc) is 3.13. The molecule has 3 heterocycles. The minimum absolute atomic E-state index is 0.212. The van der Waals surface area contributed by atoms with Crippen LogP contribution in [0.3, 0.4) is 0 Å². The summed E-state index contributed by atoms with van der Waals surface area (Å²) in [7, 11) is 1.47. The number of likely N-dealkylation sites (tertiary alicyclic amines) is 1. The van der Waals surface area contributed by atoms with Crippen LogP contribution < -0.4 is 10.6 Å². The minimum Gasteiger partial charge on any atom is -0.361 e. The number of imide groups is 1. The maximum Gasteiger partial charge on any atom is 0.324 e. The van der Waals surface area contributed by atoms with E-state index >= 15 is 0 Å². The van der Waals surface area contributed by atoms with Crippen molar-refractivity contribution in [1.29, 1.82) is 0 Å². The number of likely N-dealkylation sites (N-methyl/N-ethyl adjacent to an activating group) is 1. The molecule has 0 radical (unpaired) electrons. The number of carbonyl (C=O) groups is 3. The van der Waals surface area contributed by atoms with Crippen molar-refractivity contribution >= 4 is 18.0 Å². The smallest absolute Gasteiger partial charge is 0.324 e. The van der Waals surface area contributed by atoms with Gasteiger partial charge < -0.3 is 20.1 Å². The largest absolute Gasteiger partial charge is 0.361 e. The minimum atomic E-state index is -0.856. The van der Waals surface area contributed by atoms with Crippen LogP contribution in [0, 0.1) is 0 Å². The number of amides is 5. The average molecular weight is 335 g/mol. The monoisotopic (exact) mass is 335 g/mol. The fourth-order valence-corrected chi connectivity index (χ4v) is 3.07. The van der Waals surface area contributed by atoms with Crippen LogP contribution >= 0.6 is 0 Å². The van der Waals surface area contributed by atoms with Crippen LogP contribution in [0.4, 0.5) is 9.59 Å². The van der Waals surface area contributed by atoms with Gasteiger partial charge in [0.1, 0.15) is 17.0 Å². The van der Waals surface area contributed by atoms with Gasteiger partial charge in [0.05, 0.1) is 6.54 Å². The van der Waals surface area contributed by atoms with Gasteiger partial charge in [0, 0.05) is 32.6 Å². The van der Waals surface area contributed by atoms with Gasteiger partial charge >= 0.3 is 12.1 Å². The Bertz CT molecular complexity index is 663. The maximum atomic E-state index is 12.2. The molecule has 0 aromatic carbocycles. The number of hydrogen-bond acceptors (Lipinski definition) is 5.